The van der Waals surface area contributed by atoms with Crippen molar-refractivity contribution in [2.75, 3.05) is 10.6 Å². The van der Waals surface area contributed by atoms with Crippen LogP contribution in [0.2, 0.25) is 5.02 Å². The molecule has 1 heterocycles. The van der Waals surface area contributed by atoms with Crippen LogP contribution in [-0.2, 0) is 9.59 Å². The zero-order valence-corrected chi connectivity index (χ0v) is 25.6. The van der Waals surface area contributed by atoms with Crippen molar-refractivity contribution < 1.29 is 14.4 Å². The summed E-state index contributed by atoms with van der Waals surface area (Å²) in [7, 11) is 0. The molecule has 10 heteroatoms. The van der Waals surface area contributed by atoms with Crippen LogP contribution in [0.5, 0.6) is 0 Å². The Balaban J connectivity index is 1.23. The summed E-state index contributed by atoms with van der Waals surface area (Å²) in [6, 6.07) is 28.7. The maximum atomic E-state index is 13.3. The number of aromatic nitrogens is 1. The highest BCUT2D eigenvalue weighted by Crippen LogP contribution is 2.29. The normalized spacial score (nSPS) is 12.0. The highest BCUT2D eigenvalue weighted by molar-refractivity contribution is 8.00. The Bertz CT molecular complexity index is 1800. The highest BCUT2D eigenvalue weighted by atomic mass is 35.5. The predicted octanol–water partition coefficient (Wildman–Crippen LogP) is 7.79. The highest BCUT2D eigenvalue weighted by Gasteiger charge is 2.18. The van der Waals surface area contributed by atoms with Gasteiger partial charge in [-0.25, -0.2) is 4.98 Å². The van der Waals surface area contributed by atoms with Crippen LogP contribution in [-0.4, -0.2) is 28.0 Å². The van der Waals surface area contributed by atoms with Crippen LogP contribution in [0.15, 0.2) is 108 Å². The number of rotatable bonds is 9. The number of nitrogens with one attached hydrogen (secondary N) is 3. The first kappa shape index (κ1) is 30.0. The van der Waals surface area contributed by atoms with Gasteiger partial charge in [-0.3, -0.25) is 14.4 Å². The van der Waals surface area contributed by atoms with E-state index in [2.05, 4.69) is 27.0 Å². The number of nitrogens with zero attached hydrogens (tertiary/aromatic N) is 1. The minimum absolute atomic E-state index is 0.0740. The number of fused-ring (bicyclic) bond motifs is 1. The quantitative estimate of drug-likeness (QED) is 0.115. The number of carbonyl (C=O) groups is 3. The molecule has 0 bridgehead atoms. The number of hydrogen-bond acceptors (Lipinski definition) is 6. The van der Waals surface area contributed by atoms with Crippen LogP contribution in [0.4, 0.5) is 10.8 Å². The molecule has 5 rings (SSSR count). The van der Waals surface area contributed by atoms with Gasteiger partial charge in [-0.15, -0.1) is 11.8 Å². The summed E-state index contributed by atoms with van der Waals surface area (Å²) in [6.45, 7) is 3.85. The van der Waals surface area contributed by atoms with E-state index in [1.807, 2.05) is 44.2 Å². The van der Waals surface area contributed by atoms with Crippen LogP contribution in [0.3, 0.4) is 0 Å². The molecule has 43 heavy (non-hydrogen) atoms. The van der Waals surface area contributed by atoms with E-state index in [-0.39, 0.29) is 16.9 Å². The third-order valence-corrected chi connectivity index (χ3v) is 8.58. The summed E-state index contributed by atoms with van der Waals surface area (Å²) >= 11 is 8.85. The van der Waals surface area contributed by atoms with Crippen molar-refractivity contribution in [3.63, 3.8) is 0 Å². The largest absolute Gasteiger partial charge is 0.321 e. The molecule has 1 aromatic heterocycles. The molecule has 4 aromatic carbocycles. The Hall–Kier alpha value is -4.44. The third kappa shape index (κ3) is 8.10. The van der Waals surface area contributed by atoms with Gasteiger partial charge in [0.05, 0.1) is 15.5 Å². The van der Waals surface area contributed by atoms with Crippen molar-refractivity contribution >= 4 is 79.5 Å². The van der Waals surface area contributed by atoms with Crippen LogP contribution in [0.25, 0.3) is 16.3 Å². The second kappa shape index (κ2) is 13.7. The maximum absolute atomic E-state index is 13.3. The summed E-state index contributed by atoms with van der Waals surface area (Å²) in [5.41, 5.74) is 3.73. The Morgan fingerprint density at radius 3 is 2.35 bits per heavy atom. The van der Waals surface area contributed by atoms with Gasteiger partial charge < -0.3 is 16.0 Å². The summed E-state index contributed by atoms with van der Waals surface area (Å²) in [4.78, 5) is 44.3. The molecule has 1 atom stereocenters. The van der Waals surface area contributed by atoms with Crippen LogP contribution < -0.4 is 16.0 Å². The SMILES string of the molecule is Cc1ccc2nc(NC(=O)C(C)Sc3ccc(NC(=O)/C(=C/c4ccc(Cl)cc4)NC(=O)c4ccccc4)cc3)sc2c1. The van der Waals surface area contributed by atoms with Crippen molar-refractivity contribution in [2.24, 2.45) is 0 Å². The molecule has 0 aliphatic heterocycles. The van der Waals surface area contributed by atoms with Gasteiger partial charge >= 0.3 is 0 Å². The molecule has 0 saturated heterocycles. The third-order valence-electron chi connectivity index (χ3n) is 6.28. The number of thioether (sulfide) groups is 1. The molecule has 0 aliphatic carbocycles. The van der Waals surface area contributed by atoms with Crippen molar-refractivity contribution in [3.05, 3.63) is 124 Å². The number of amides is 3. The molecule has 1 unspecified atom stereocenters. The fourth-order valence-electron chi connectivity index (χ4n) is 4.03. The maximum Gasteiger partial charge on any atom is 0.272 e. The minimum atomic E-state index is -0.488. The van der Waals surface area contributed by atoms with E-state index in [0.29, 0.717) is 27.0 Å². The average Bonchev–Trinajstić information content (AvgIpc) is 3.40. The van der Waals surface area contributed by atoms with E-state index >= 15 is 0 Å². The van der Waals surface area contributed by atoms with Gasteiger partial charge in [0.15, 0.2) is 5.13 Å². The summed E-state index contributed by atoms with van der Waals surface area (Å²) in [6.07, 6.45) is 1.59. The number of thiazole rings is 1. The number of aryl methyl sites for hydroxylation is 1. The van der Waals surface area contributed by atoms with E-state index in [9.17, 15) is 14.4 Å². The van der Waals surface area contributed by atoms with Gasteiger partial charge in [0.1, 0.15) is 5.70 Å². The zero-order valence-electron chi connectivity index (χ0n) is 23.3. The molecule has 0 aliphatic rings. The number of benzene rings is 4. The molecule has 3 N–H and O–H groups in total. The van der Waals surface area contributed by atoms with Crippen molar-refractivity contribution in [3.8, 4) is 0 Å². The van der Waals surface area contributed by atoms with E-state index in [1.54, 1.807) is 66.7 Å². The second-order valence-electron chi connectivity index (χ2n) is 9.65. The van der Waals surface area contributed by atoms with Gasteiger partial charge in [0.2, 0.25) is 5.91 Å². The molecule has 0 saturated carbocycles. The smallest absolute Gasteiger partial charge is 0.272 e. The zero-order chi connectivity index (χ0) is 30.3. The van der Waals surface area contributed by atoms with Gasteiger partial charge in [-0.05, 0) is 91.7 Å². The van der Waals surface area contributed by atoms with Gasteiger partial charge in [-0.2, -0.15) is 0 Å². The summed E-state index contributed by atoms with van der Waals surface area (Å²) in [5, 5.41) is 9.23. The molecule has 0 spiro atoms. The first-order valence-electron chi connectivity index (χ1n) is 13.3. The van der Waals surface area contributed by atoms with E-state index in [4.69, 9.17) is 11.6 Å². The molecule has 3 amide bonds. The first-order chi connectivity index (χ1) is 20.7. The van der Waals surface area contributed by atoms with Crippen LogP contribution in [0, 0.1) is 6.92 Å². The average molecular weight is 627 g/mol. The Morgan fingerprint density at radius 2 is 1.63 bits per heavy atom. The lowest BCUT2D eigenvalue weighted by Crippen LogP contribution is -2.30. The van der Waals surface area contributed by atoms with E-state index in [0.717, 1.165) is 20.7 Å². The van der Waals surface area contributed by atoms with Gasteiger partial charge in [0, 0.05) is 21.2 Å². The fraction of sp³-hybridized carbons (Fsp3) is 0.0909. The lowest BCUT2D eigenvalue weighted by Gasteiger charge is -2.13. The molecular weight excluding hydrogens is 600 g/mol. The van der Waals surface area contributed by atoms with E-state index in [1.165, 1.54) is 23.1 Å². The van der Waals surface area contributed by atoms with Crippen LogP contribution >= 0.6 is 34.7 Å². The molecule has 0 fully saturated rings. The number of carbonyl (C=O) groups excluding carboxylic acids is 3. The topological polar surface area (TPSA) is 100 Å². The lowest BCUT2D eigenvalue weighted by molar-refractivity contribution is -0.115. The Morgan fingerprint density at radius 1 is 0.907 bits per heavy atom. The molecule has 216 valence electrons. The second-order valence-corrected chi connectivity index (χ2v) is 12.5. The van der Waals surface area contributed by atoms with Gasteiger partial charge in [0.25, 0.3) is 11.8 Å². The molecular formula is C33H27ClN4O3S2. The fourth-order valence-corrected chi connectivity index (χ4v) is 5.99. The molecule has 7 nitrogen and oxygen atoms in total. The van der Waals surface area contributed by atoms with Crippen LogP contribution in [0.1, 0.15) is 28.4 Å². The van der Waals surface area contributed by atoms with E-state index < -0.39 is 11.8 Å². The first-order valence-corrected chi connectivity index (χ1v) is 15.4. The number of halogens is 1. The minimum Gasteiger partial charge on any atom is -0.321 e. The summed E-state index contributed by atoms with van der Waals surface area (Å²) in [5.74, 6) is -1.04. The Labute approximate surface area is 262 Å². The van der Waals surface area contributed by atoms with Gasteiger partial charge in [-0.1, -0.05) is 59.3 Å². The monoisotopic (exact) mass is 626 g/mol. The standard InChI is InChI=1S/C33H27ClN4O3S2/c1-20-8-17-27-29(18-20)43-33(37-27)38-30(39)21(2)42-26-15-13-25(14-16-26)35-32(41)28(19-22-9-11-24(34)12-10-22)36-31(40)23-6-4-3-5-7-23/h3-19,21H,1-2H3,(H,35,41)(H,36,40)(H,37,38,39)/b28-19-. The van der Waals surface area contributed by atoms with Crippen molar-refractivity contribution in [2.45, 2.75) is 24.0 Å². The Kier molecular flexibility index (Phi) is 9.56. The molecule has 0 radical (unpaired) electrons. The molecule has 5 aromatic rings. The number of anilines is 2. The lowest BCUT2D eigenvalue weighted by atomic mass is 10.1. The summed E-state index contributed by atoms with van der Waals surface area (Å²) < 4.78 is 1.03. The number of hydrogen-bond donors (Lipinski definition) is 3. The predicted molar refractivity (Wildman–Crippen MR) is 177 cm³/mol. The van der Waals surface area contributed by atoms with Crippen molar-refractivity contribution in [1.82, 2.24) is 10.3 Å². The van der Waals surface area contributed by atoms with Crippen molar-refractivity contribution in [1.29, 1.82) is 0 Å².